The number of aromatic nitrogens is 4. The first kappa shape index (κ1) is 22.6. The zero-order chi connectivity index (χ0) is 24.9. The summed E-state index contributed by atoms with van der Waals surface area (Å²) in [5.41, 5.74) is 9.51. The van der Waals surface area contributed by atoms with Crippen LogP contribution >= 0.6 is 0 Å². The summed E-state index contributed by atoms with van der Waals surface area (Å²) in [6, 6.07) is 22.0. The quantitative estimate of drug-likeness (QED) is 0.272. The normalized spacial score (nSPS) is 11.0. The van der Waals surface area contributed by atoms with Gasteiger partial charge in [-0.3, -0.25) is 30.5 Å². The molecule has 0 unspecified atom stereocenters. The van der Waals surface area contributed by atoms with E-state index >= 15 is 0 Å². The summed E-state index contributed by atoms with van der Waals surface area (Å²) in [6.45, 7) is 0. The van der Waals surface area contributed by atoms with Gasteiger partial charge in [0.2, 0.25) is 0 Å². The summed E-state index contributed by atoms with van der Waals surface area (Å²) in [5.74, 6) is -0.857. The number of carbonyl (C=O) groups is 2. The lowest BCUT2D eigenvalue weighted by atomic mass is 10.1. The first-order valence-electron chi connectivity index (χ1n) is 11.2. The summed E-state index contributed by atoms with van der Waals surface area (Å²) in [7, 11) is 1.76. The molecule has 0 aliphatic rings. The second-order valence-electron chi connectivity index (χ2n) is 8.01. The number of aromatic amines is 1. The first-order valence-corrected chi connectivity index (χ1v) is 11.2. The number of fused-ring (bicyclic) bond motifs is 1. The predicted octanol–water partition coefficient (Wildman–Crippen LogP) is 4.29. The Morgan fingerprint density at radius 2 is 1.67 bits per heavy atom. The van der Waals surface area contributed by atoms with Crippen LogP contribution in [0.15, 0.2) is 85.2 Å². The molecule has 0 bridgehead atoms. The van der Waals surface area contributed by atoms with Gasteiger partial charge in [-0.25, -0.2) is 0 Å². The number of rotatable bonds is 6. The van der Waals surface area contributed by atoms with Crippen molar-refractivity contribution in [2.75, 3.05) is 5.32 Å². The van der Waals surface area contributed by atoms with Crippen LogP contribution < -0.4 is 16.2 Å². The standard InChI is InChI=1S/C27H23N7O2/c1-34-17-7-13-24(34)27(36)33-32-26(35)19-9-2-3-10-20(19)29-21-11-6-12-22-25(21)23(31-30-22)15-14-18-8-4-5-16-28-18/h2-17,29H,1H3,(H,30,31)(H,32,35)(H,33,36)/b15-14+. The van der Waals surface area contributed by atoms with E-state index in [2.05, 4.69) is 31.3 Å². The minimum absolute atomic E-state index is 0.371. The van der Waals surface area contributed by atoms with Crippen molar-refractivity contribution in [1.29, 1.82) is 0 Å². The number of hydrogen-bond donors (Lipinski definition) is 4. The first-order chi connectivity index (χ1) is 17.6. The minimum atomic E-state index is -0.449. The third-order valence-corrected chi connectivity index (χ3v) is 5.62. The van der Waals surface area contributed by atoms with Crippen molar-refractivity contribution in [3.63, 3.8) is 0 Å². The Labute approximate surface area is 206 Å². The molecule has 0 spiro atoms. The Kier molecular flexibility index (Phi) is 6.27. The highest BCUT2D eigenvalue weighted by molar-refractivity contribution is 6.05. The molecule has 9 heteroatoms. The van der Waals surface area contributed by atoms with Crippen LogP contribution in [0.5, 0.6) is 0 Å². The summed E-state index contributed by atoms with van der Waals surface area (Å²) in [4.78, 5) is 29.6. The number of hydrogen-bond acceptors (Lipinski definition) is 5. The second-order valence-corrected chi connectivity index (χ2v) is 8.01. The fraction of sp³-hybridized carbons (Fsp3) is 0.0370. The van der Waals surface area contributed by atoms with Gasteiger partial charge < -0.3 is 9.88 Å². The van der Waals surface area contributed by atoms with Gasteiger partial charge in [0.25, 0.3) is 11.8 Å². The lowest BCUT2D eigenvalue weighted by Gasteiger charge is -2.14. The smallest absolute Gasteiger partial charge is 0.286 e. The zero-order valence-corrected chi connectivity index (χ0v) is 19.4. The Morgan fingerprint density at radius 3 is 2.47 bits per heavy atom. The van der Waals surface area contributed by atoms with Gasteiger partial charge in [-0.1, -0.05) is 24.3 Å². The van der Waals surface area contributed by atoms with E-state index in [0.29, 0.717) is 16.9 Å². The molecule has 0 radical (unpaired) electrons. The maximum atomic E-state index is 12.9. The number of H-pyrrole nitrogens is 1. The molecule has 3 aromatic heterocycles. The molecule has 178 valence electrons. The van der Waals surface area contributed by atoms with Crippen LogP contribution in [0.3, 0.4) is 0 Å². The third kappa shape index (κ3) is 4.71. The number of pyridine rings is 1. The van der Waals surface area contributed by atoms with Crippen LogP contribution in [0.1, 0.15) is 32.2 Å². The zero-order valence-electron chi connectivity index (χ0n) is 19.4. The number of aryl methyl sites for hydroxylation is 1. The minimum Gasteiger partial charge on any atom is -0.354 e. The molecule has 0 aliphatic carbocycles. The Morgan fingerprint density at radius 1 is 0.861 bits per heavy atom. The molecule has 5 aromatic rings. The number of hydrazine groups is 1. The summed E-state index contributed by atoms with van der Waals surface area (Å²) in [5, 5.41) is 11.7. The van der Waals surface area contributed by atoms with Gasteiger partial charge >= 0.3 is 0 Å². The SMILES string of the molecule is Cn1cccc1C(=O)NNC(=O)c1ccccc1Nc1cccc2[nH]nc(/C=C/c3ccccn3)c12. The molecule has 0 saturated carbocycles. The van der Waals surface area contributed by atoms with Gasteiger partial charge in [0.1, 0.15) is 5.69 Å². The van der Waals surface area contributed by atoms with Gasteiger partial charge in [-0.05, 0) is 60.7 Å². The highest BCUT2D eigenvalue weighted by Crippen LogP contribution is 2.30. The lowest BCUT2D eigenvalue weighted by Crippen LogP contribution is -2.42. The number of para-hydroxylation sites is 1. The van der Waals surface area contributed by atoms with Crippen molar-refractivity contribution in [2.24, 2.45) is 7.05 Å². The summed E-state index contributed by atoms with van der Waals surface area (Å²) >= 11 is 0. The molecule has 3 heterocycles. The van der Waals surface area contributed by atoms with Gasteiger partial charge in [0.05, 0.1) is 39.2 Å². The molecular weight excluding hydrogens is 454 g/mol. The molecule has 4 N–H and O–H groups in total. The van der Waals surface area contributed by atoms with Crippen LogP contribution in [0, 0.1) is 0 Å². The van der Waals surface area contributed by atoms with Gasteiger partial charge in [-0.2, -0.15) is 5.10 Å². The maximum absolute atomic E-state index is 12.9. The highest BCUT2D eigenvalue weighted by Gasteiger charge is 2.16. The Hall–Kier alpha value is -5.18. The topological polar surface area (TPSA) is 117 Å². The van der Waals surface area contributed by atoms with E-state index in [4.69, 9.17) is 0 Å². The van der Waals surface area contributed by atoms with E-state index in [1.807, 2.05) is 54.6 Å². The molecule has 0 aliphatic heterocycles. The summed E-state index contributed by atoms with van der Waals surface area (Å²) < 4.78 is 1.67. The van der Waals surface area contributed by atoms with Crippen molar-refractivity contribution in [3.8, 4) is 0 Å². The fourth-order valence-corrected chi connectivity index (χ4v) is 3.84. The number of anilines is 2. The number of nitrogens with one attached hydrogen (secondary N) is 4. The molecule has 9 nitrogen and oxygen atoms in total. The third-order valence-electron chi connectivity index (χ3n) is 5.62. The number of amides is 2. The van der Waals surface area contributed by atoms with Crippen molar-refractivity contribution < 1.29 is 9.59 Å². The predicted molar refractivity (Wildman–Crippen MR) is 139 cm³/mol. The van der Waals surface area contributed by atoms with Crippen molar-refractivity contribution in [2.45, 2.75) is 0 Å². The van der Waals surface area contributed by atoms with Gasteiger partial charge in [-0.15, -0.1) is 0 Å². The van der Waals surface area contributed by atoms with E-state index in [0.717, 1.165) is 28.0 Å². The molecule has 0 fully saturated rings. The second kappa shape index (κ2) is 9.98. The van der Waals surface area contributed by atoms with Crippen LogP contribution in [0.2, 0.25) is 0 Å². The monoisotopic (exact) mass is 477 g/mol. The molecule has 2 amide bonds. The molecule has 5 rings (SSSR count). The molecule has 36 heavy (non-hydrogen) atoms. The number of carbonyl (C=O) groups excluding carboxylic acids is 2. The van der Waals surface area contributed by atoms with Crippen molar-refractivity contribution >= 4 is 46.2 Å². The highest BCUT2D eigenvalue weighted by atomic mass is 16.2. The largest absolute Gasteiger partial charge is 0.354 e. The molecule has 0 saturated heterocycles. The average Bonchev–Trinajstić information content (AvgIpc) is 3.53. The van der Waals surface area contributed by atoms with E-state index in [1.54, 1.807) is 54.3 Å². The molecule has 0 atom stereocenters. The number of nitrogens with zero attached hydrogens (tertiary/aromatic N) is 3. The average molecular weight is 478 g/mol. The van der Waals surface area contributed by atoms with Crippen molar-refractivity contribution in [1.82, 2.24) is 30.6 Å². The van der Waals surface area contributed by atoms with Crippen LogP contribution in [0.4, 0.5) is 11.4 Å². The van der Waals surface area contributed by atoms with Crippen LogP contribution in [0.25, 0.3) is 23.1 Å². The number of benzene rings is 2. The van der Waals surface area contributed by atoms with E-state index < -0.39 is 11.8 Å². The van der Waals surface area contributed by atoms with E-state index in [-0.39, 0.29) is 0 Å². The maximum Gasteiger partial charge on any atom is 0.286 e. The van der Waals surface area contributed by atoms with E-state index in [1.165, 1.54) is 0 Å². The van der Waals surface area contributed by atoms with Gasteiger partial charge in [0, 0.05) is 19.4 Å². The van der Waals surface area contributed by atoms with E-state index in [9.17, 15) is 9.59 Å². The fourth-order valence-electron chi connectivity index (χ4n) is 3.84. The van der Waals surface area contributed by atoms with Crippen molar-refractivity contribution in [3.05, 3.63) is 108 Å². The molecular formula is C27H23N7O2. The van der Waals surface area contributed by atoms with Crippen LogP contribution in [-0.2, 0) is 7.05 Å². The molecule has 2 aromatic carbocycles. The summed E-state index contributed by atoms with van der Waals surface area (Å²) in [6.07, 6.45) is 7.28. The lowest BCUT2D eigenvalue weighted by molar-refractivity contribution is 0.0842. The van der Waals surface area contributed by atoms with Gasteiger partial charge in [0.15, 0.2) is 0 Å². The Bertz CT molecular complexity index is 1570. The van der Waals surface area contributed by atoms with Crippen LogP contribution in [-0.4, -0.2) is 31.6 Å². The Balaban J connectivity index is 1.39.